The first-order chi connectivity index (χ1) is 7.88. The van der Waals surface area contributed by atoms with Crippen LogP contribution in [0.1, 0.15) is 12.8 Å². The summed E-state index contributed by atoms with van der Waals surface area (Å²) in [5.74, 6) is 1.37. The standard InChI is InChI=1S/C10H16N6/c11-6-13-9-4-10(15-7-14-9)16-8-2-1-3-12-5-8/h4,6-8,12H,1-3,5H2,(H3,11,13,14,15,16). The van der Waals surface area contributed by atoms with Crippen LogP contribution < -0.4 is 16.4 Å². The number of hydrogen-bond donors (Lipinski definition) is 3. The molecule has 86 valence electrons. The van der Waals surface area contributed by atoms with Crippen molar-refractivity contribution in [1.82, 2.24) is 15.3 Å². The highest BCUT2D eigenvalue weighted by atomic mass is 15.1. The topological polar surface area (TPSA) is 88.2 Å². The zero-order chi connectivity index (χ0) is 11.2. The van der Waals surface area contributed by atoms with Gasteiger partial charge in [0.2, 0.25) is 0 Å². The van der Waals surface area contributed by atoms with E-state index in [1.54, 1.807) is 6.07 Å². The molecule has 0 bridgehead atoms. The molecule has 1 unspecified atom stereocenters. The van der Waals surface area contributed by atoms with Gasteiger partial charge in [0.25, 0.3) is 0 Å². The second-order valence-corrected chi connectivity index (χ2v) is 3.73. The van der Waals surface area contributed by atoms with Crippen molar-refractivity contribution in [3.63, 3.8) is 0 Å². The summed E-state index contributed by atoms with van der Waals surface area (Å²) in [6.45, 7) is 2.07. The van der Waals surface area contributed by atoms with Gasteiger partial charge in [0, 0.05) is 18.7 Å². The molecule has 6 heteroatoms. The first-order valence-electron chi connectivity index (χ1n) is 5.42. The molecule has 2 heterocycles. The van der Waals surface area contributed by atoms with Gasteiger partial charge in [0.05, 0.1) is 6.34 Å². The molecule has 1 aliphatic heterocycles. The lowest BCUT2D eigenvalue weighted by Gasteiger charge is -2.24. The highest BCUT2D eigenvalue weighted by Gasteiger charge is 2.12. The van der Waals surface area contributed by atoms with E-state index < -0.39 is 0 Å². The molecule has 1 saturated heterocycles. The third-order valence-corrected chi connectivity index (χ3v) is 2.51. The first-order valence-corrected chi connectivity index (χ1v) is 5.42. The SMILES string of the molecule is NC=Nc1cc(NC2CCCNC2)ncn1. The van der Waals surface area contributed by atoms with Crippen molar-refractivity contribution in [2.75, 3.05) is 18.4 Å². The lowest BCUT2D eigenvalue weighted by molar-refractivity contribution is 0.479. The predicted molar refractivity (Wildman–Crippen MR) is 63.9 cm³/mol. The van der Waals surface area contributed by atoms with Crippen molar-refractivity contribution in [3.05, 3.63) is 12.4 Å². The molecule has 4 N–H and O–H groups in total. The van der Waals surface area contributed by atoms with Gasteiger partial charge in [-0.15, -0.1) is 0 Å². The van der Waals surface area contributed by atoms with Crippen molar-refractivity contribution in [1.29, 1.82) is 0 Å². The number of nitrogens with one attached hydrogen (secondary N) is 2. The normalized spacial score (nSPS) is 21.1. The van der Waals surface area contributed by atoms with Gasteiger partial charge < -0.3 is 16.4 Å². The number of aliphatic imine (C=N–C) groups is 1. The third kappa shape index (κ3) is 2.90. The van der Waals surface area contributed by atoms with Gasteiger partial charge in [-0.25, -0.2) is 15.0 Å². The van der Waals surface area contributed by atoms with Crippen LogP contribution in [0.3, 0.4) is 0 Å². The maximum atomic E-state index is 5.21. The van der Waals surface area contributed by atoms with E-state index in [9.17, 15) is 0 Å². The Bertz CT molecular complexity index is 358. The average molecular weight is 220 g/mol. The van der Waals surface area contributed by atoms with E-state index in [2.05, 4.69) is 25.6 Å². The maximum Gasteiger partial charge on any atom is 0.159 e. The van der Waals surface area contributed by atoms with E-state index in [0.717, 1.165) is 25.3 Å². The highest BCUT2D eigenvalue weighted by molar-refractivity contribution is 5.58. The number of aromatic nitrogens is 2. The Kier molecular flexibility index (Phi) is 3.66. The number of rotatable bonds is 3. The van der Waals surface area contributed by atoms with Crippen LogP contribution in [-0.4, -0.2) is 35.4 Å². The Labute approximate surface area is 94.4 Å². The van der Waals surface area contributed by atoms with Crippen molar-refractivity contribution in [2.45, 2.75) is 18.9 Å². The molecular formula is C10H16N6. The monoisotopic (exact) mass is 220 g/mol. The molecule has 6 nitrogen and oxygen atoms in total. The summed E-state index contributed by atoms with van der Waals surface area (Å²) in [6, 6.07) is 2.22. The van der Waals surface area contributed by atoms with E-state index >= 15 is 0 Å². The molecule has 0 spiro atoms. The van der Waals surface area contributed by atoms with E-state index in [1.807, 2.05) is 0 Å². The summed E-state index contributed by atoms with van der Waals surface area (Å²) in [5, 5.41) is 6.69. The van der Waals surface area contributed by atoms with Gasteiger partial charge in [-0.05, 0) is 19.4 Å². The van der Waals surface area contributed by atoms with Gasteiger partial charge in [-0.1, -0.05) is 0 Å². The molecule has 0 saturated carbocycles. The van der Waals surface area contributed by atoms with Gasteiger partial charge >= 0.3 is 0 Å². The summed E-state index contributed by atoms with van der Waals surface area (Å²) in [6.07, 6.45) is 5.07. The molecule has 1 aromatic heterocycles. The van der Waals surface area contributed by atoms with Crippen LogP contribution in [-0.2, 0) is 0 Å². The number of nitrogens with zero attached hydrogens (tertiary/aromatic N) is 3. The number of hydrogen-bond acceptors (Lipinski definition) is 5. The fraction of sp³-hybridized carbons (Fsp3) is 0.500. The van der Waals surface area contributed by atoms with Crippen LogP contribution >= 0.6 is 0 Å². The highest BCUT2D eigenvalue weighted by Crippen LogP contribution is 2.14. The molecule has 16 heavy (non-hydrogen) atoms. The minimum Gasteiger partial charge on any atom is -0.390 e. The Morgan fingerprint density at radius 1 is 1.56 bits per heavy atom. The minimum absolute atomic E-state index is 0.429. The van der Waals surface area contributed by atoms with Crippen LogP contribution in [0, 0.1) is 0 Å². The van der Waals surface area contributed by atoms with Crippen molar-refractivity contribution in [3.8, 4) is 0 Å². The summed E-state index contributed by atoms with van der Waals surface area (Å²) < 4.78 is 0. The summed E-state index contributed by atoms with van der Waals surface area (Å²) in [5.41, 5.74) is 5.21. The summed E-state index contributed by atoms with van der Waals surface area (Å²) in [7, 11) is 0. The molecule has 0 amide bonds. The fourth-order valence-corrected chi connectivity index (χ4v) is 1.76. The van der Waals surface area contributed by atoms with Crippen molar-refractivity contribution < 1.29 is 0 Å². The molecule has 2 rings (SSSR count). The number of piperidine rings is 1. The zero-order valence-corrected chi connectivity index (χ0v) is 9.06. The Morgan fingerprint density at radius 3 is 3.25 bits per heavy atom. The van der Waals surface area contributed by atoms with Crippen LogP contribution in [0.2, 0.25) is 0 Å². The summed E-state index contributed by atoms with van der Waals surface area (Å²) >= 11 is 0. The third-order valence-electron chi connectivity index (χ3n) is 2.51. The van der Waals surface area contributed by atoms with E-state index in [1.165, 1.54) is 19.1 Å². The lowest BCUT2D eigenvalue weighted by atomic mass is 10.1. The second-order valence-electron chi connectivity index (χ2n) is 3.73. The Balaban J connectivity index is 1.99. The molecule has 0 radical (unpaired) electrons. The van der Waals surface area contributed by atoms with Crippen LogP contribution in [0.25, 0.3) is 0 Å². The van der Waals surface area contributed by atoms with Crippen LogP contribution in [0.15, 0.2) is 17.4 Å². The van der Waals surface area contributed by atoms with Crippen molar-refractivity contribution >= 4 is 18.0 Å². The van der Waals surface area contributed by atoms with Crippen LogP contribution in [0.4, 0.5) is 11.6 Å². The first kappa shape index (κ1) is 10.8. The molecular weight excluding hydrogens is 204 g/mol. The molecule has 0 aliphatic carbocycles. The van der Waals surface area contributed by atoms with Crippen LogP contribution in [0.5, 0.6) is 0 Å². The van der Waals surface area contributed by atoms with Gasteiger partial charge in [0.15, 0.2) is 5.82 Å². The second kappa shape index (κ2) is 5.41. The van der Waals surface area contributed by atoms with E-state index in [0.29, 0.717) is 11.9 Å². The van der Waals surface area contributed by atoms with Crippen molar-refractivity contribution in [2.24, 2.45) is 10.7 Å². The zero-order valence-electron chi connectivity index (χ0n) is 9.06. The van der Waals surface area contributed by atoms with Gasteiger partial charge in [-0.3, -0.25) is 0 Å². The maximum absolute atomic E-state index is 5.21. The average Bonchev–Trinajstić information content (AvgIpc) is 2.31. The smallest absolute Gasteiger partial charge is 0.159 e. The predicted octanol–water partition coefficient (Wildman–Crippen LogP) is 0.259. The lowest BCUT2D eigenvalue weighted by Crippen LogP contribution is -2.38. The molecule has 1 fully saturated rings. The molecule has 0 aromatic carbocycles. The Hall–Kier alpha value is -1.69. The van der Waals surface area contributed by atoms with E-state index in [-0.39, 0.29) is 0 Å². The number of anilines is 1. The van der Waals surface area contributed by atoms with E-state index in [4.69, 9.17) is 5.73 Å². The largest absolute Gasteiger partial charge is 0.390 e. The molecule has 1 aliphatic rings. The fourth-order valence-electron chi connectivity index (χ4n) is 1.76. The minimum atomic E-state index is 0.429. The Morgan fingerprint density at radius 2 is 2.50 bits per heavy atom. The van der Waals surface area contributed by atoms with Gasteiger partial charge in [-0.2, -0.15) is 0 Å². The number of nitrogens with two attached hydrogens (primary N) is 1. The molecule has 1 aromatic rings. The van der Waals surface area contributed by atoms with Gasteiger partial charge in [0.1, 0.15) is 12.1 Å². The quantitative estimate of drug-likeness (QED) is 0.502. The summed E-state index contributed by atoms with van der Waals surface area (Å²) in [4.78, 5) is 12.0. The molecule has 1 atom stereocenters.